The molecule has 29 heavy (non-hydrogen) atoms. The van der Waals surface area contributed by atoms with Gasteiger partial charge in [0.1, 0.15) is 0 Å². The Balaban J connectivity index is 2.00. The smallest absolute Gasteiger partial charge is 0.340 e. The molecule has 3 nitrogen and oxygen atoms in total. The summed E-state index contributed by atoms with van der Waals surface area (Å²) in [5.74, 6) is 0.767. The van der Waals surface area contributed by atoms with Gasteiger partial charge in [0.05, 0.1) is 12.2 Å². The first kappa shape index (κ1) is 23.2. The number of carbonyl (C=O) groups is 1. The molecule has 2 rings (SSSR count). The Morgan fingerprint density at radius 3 is 2.24 bits per heavy atom. The maximum atomic E-state index is 12.7. The fraction of sp³-hybridized carbons (Fsp3) is 0.500. The second kappa shape index (κ2) is 12.4. The number of esters is 1. The largest absolute Gasteiger partial charge is 0.432 e. The molecule has 0 radical (unpaired) electrons. The summed E-state index contributed by atoms with van der Waals surface area (Å²) in [4.78, 5) is 12.7. The van der Waals surface area contributed by atoms with Gasteiger partial charge in [-0.25, -0.2) is 4.79 Å². The first-order valence-electron chi connectivity index (χ1n) is 11.0. The Labute approximate surface area is 176 Å². The molecule has 3 atom stereocenters. The SMILES string of the molecule is CCCC(C)CCOC(Cc1ccccc1)OC(=O)c1ccc(C(C)CC)cc1. The van der Waals surface area contributed by atoms with E-state index in [4.69, 9.17) is 9.47 Å². The number of rotatable bonds is 12. The monoisotopic (exact) mass is 396 g/mol. The van der Waals surface area contributed by atoms with E-state index in [1.54, 1.807) is 0 Å². The van der Waals surface area contributed by atoms with Gasteiger partial charge in [0.15, 0.2) is 0 Å². The van der Waals surface area contributed by atoms with Crippen LogP contribution in [-0.2, 0) is 15.9 Å². The molecule has 0 bridgehead atoms. The lowest BCUT2D eigenvalue weighted by molar-refractivity contribution is -0.111. The Kier molecular flexibility index (Phi) is 9.93. The Bertz CT molecular complexity index is 708. The summed E-state index contributed by atoms with van der Waals surface area (Å²) in [5, 5.41) is 0. The highest BCUT2D eigenvalue weighted by atomic mass is 16.7. The van der Waals surface area contributed by atoms with Crippen molar-refractivity contribution in [3.63, 3.8) is 0 Å². The zero-order chi connectivity index (χ0) is 21.1. The van der Waals surface area contributed by atoms with Crippen molar-refractivity contribution in [2.75, 3.05) is 6.61 Å². The van der Waals surface area contributed by atoms with Gasteiger partial charge in [-0.15, -0.1) is 0 Å². The van der Waals surface area contributed by atoms with Gasteiger partial charge in [0, 0.05) is 6.42 Å². The minimum atomic E-state index is -0.576. The van der Waals surface area contributed by atoms with Crippen molar-refractivity contribution in [3.05, 3.63) is 71.3 Å². The van der Waals surface area contributed by atoms with Gasteiger partial charge in [-0.3, -0.25) is 0 Å². The molecule has 0 saturated carbocycles. The first-order valence-corrected chi connectivity index (χ1v) is 11.0. The van der Waals surface area contributed by atoms with E-state index in [9.17, 15) is 4.79 Å². The fourth-order valence-electron chi connectivity index (χ4n) is 3.35. The van der Waals surface area contributed by atoms with E-state index in [1.807, 2.05) is 54.6 Å². The predicted molar refractivity (Wildman–Crippen MR) is 119 cm³/mol. The molecule has 3 unspecified atom stereocenters. The van der Waals surface area contributed by atoms with E-state index in [2.05, 4.69) is 27.7 Å². The molecule has 158 valence electrons. The van der Waals surface area contributed by atoms with Crippen LogP contribution in [0.5, 0.6) is 0 Å². The van der Waals surface area contributed by atoms with Gasteiger partial charge >= 0.3 is 5.97 Å². The summed E-state index contributed by atoms with van der Waals surface area (Å²) in [6, 6.07) is 17.8. The van der Waals surface area contributed by atoms with Gasteiger partial charge in [0.2, 0.25) is 6.29 Å². The highest BCUT2D eigenvalue weighted by molar-refractivity contribution is 5.89. The Morgan fingerprint density at radius 1 is 0.931 bits per heavy atom. The number of benzene rings is 2. The lowest BCUT2D eigenvalue weighted by Gasteiger charge is -2.20. The van der Waals surface area contributed by atoms with Gasteiger partial charge in [-0.2, -0.15) is 0 Å². The van der Waals surface area contributed by atoms with Crippen molar-refractivity contribution < 1.29 is 14.3 Å². The molecule has 0 heterocycles. The molecule has 2 aromatic carbocycles. The average Bonchev–Trinajstić information content (AvgIpc) is 2.74. The average molecular weight is 397 g/mol. The zero-order valence-electron chi connectivity index (χ0n) is 18.4. The van der Waals surface area contributed by atoms with Crippen molar-refractivity contribution in [2.24, 2.45) is 5.92 Å². The van der Waals surface area contributed by atoms with Crippen LogP contribution in [0, 0.1) is 5.92 Å². The third-order valence-electron chi connectivity index (χ3n) is 5.51. The van der Waals surface area contributed by atoms with Crippen molar-refractivity contribution in [3.8, 4) is 0 Å². The maximum Gasteiger partial charge on any atom is 0.340 e. The van der Waals surface area contributed by atoms with Crippen LogP contribution in [-0.4, -0.2) is 18.9 Å². The highest BCUT2D eigenvalue weighted by Crippen LogP contribution is 2.20. The standard InChI is InChI=1S/C26H36O3/c1-5-10-20(3)17-18-28-25(19-22-11-8-7-9-12-22)29-26(27)24-15-13-23(14-16-24)21(4)6-2/h7-9,11-16,20-21,25H,5-6,10,17-19H2,1-4H3. The van der Waals surface area contributed by atoms with Crippen LogP contribution < -0.4 is 0 Å². The second-order valence-corrected chi connectivity index (χ2v) is 8.01. The van der Waals surface area contributed by atoms with Crippen LogP contribution in [0.1, 0.15) is 80.8 Å². The van der Waals surface area contributed by atoms with Gasteiger partial charge in [-0.05, 0) is 47.9 Å². The summed E-state index contributed by atoms with van der Waals surface area (Å²) in [6.07, 6.45) is 4.39. The van der Waals surface area contributed by atoms with Crippen LogP contribution in [0.3, 0.4) is 0 Å². The summed E-state index contributed by atoms with van der Waals surface area (Å²) >= 11 is 0. The molecule has 0 aliphatic rings. The van der Waals surface area contributed by atoms with Crippen molar-refractivity contribution in [1.29, 1.82) is 0 Å². The van der Waals surface area contributed by atoms with Crippen LogP contribution >= 0.6 is 0 Å². The molecule has 0 saturated heterocycles. The summed E-state index contributed by atoms with van der Waals surface area (Å²) in [6.45, 7) is 9.39. The Hall–Kier alpha value is -2.13. The molecular formula is C26H36O3. The normalized spacial score (nSPS) is 14.2. The molecule has 0 fully saturated rings. The summed E-state index contributed by atoms with van der Waals surface area (Å²) < 4.78 is 11.7. The maximum absolute atomic E-state index is 12.7. The molecule has 3 heteroatoms. The molecule has 0 aliphatic carbocycles. The third-order valence-corrected chi connectivity index (χ3v) is 5.51. The first-order chi connectivity index (χ1) is 14.0. The number of hydrogen-bond acceptors (Lipinski definition) is 3. The van der Waals surface area contributed by atoms with Gasteiger partial charge in [0.25, 0.3) is 0 Å². The highest BCUT2D eigenvalue weighted by Gasteiger charge is 2.18. The van der Waals surface area contributed by atoms with E-state index in [1.165, 1.54) is 18.4 Å². The molecule has 0 aromatic heterocycles. The van der Waals surface area contributed by atoms with Crippen LogP contribution in [0.25, 0.3) is 0 Å². The lowest BCUT2D eigenvalue weighted by atomic mass is 9.98. The third kappa shape index (κ3) is 8.02. The summed E-state index contributed by atoms with van der Waals surface area (Å²) in [5.41, 5.74) is 2.91. The number of ether oxygens (including phenoxy) is 2. The van der Waals surface area contributed by atoms with E-state index >= 15 is 0 Å². The summed E-state index contributed by atoms with van der Waals surface area (Å²) in [7, 11) is 0. The predicted octanol–water partition coefficient (Wildman–Crippen LogP) is 6.77. The molecular weight excluding hydrogens is 360 g/mol. The fourth-order valence-corrected chi connectivity index (χ4v) is 3.35. The Morgan fingerprint density at radius 2 is 1.62 bits per heavy atom. The number of carbonyl (C=O) groups excluding carboxylic acids is 1. The molecule has 0 aliphatic heterocycles. The van der Waals surface area contributed by atoms with Gasteiger partial charge < -0.3 is 9.47 Å². The molecule has 0 spiro atoms. The zero-order valence-corrected chi connectivity index (χ0v) is 18.4. The van der Waals surface area contributed by atoms with Crippen molar-refractivity contribution in [1.82, 2.24) is 0 Å². The molecule has 0 amide bonds. The minimum absolute atomic E-state index is 0.330. The lowest BCUT2D eigenvalue weighted by Crippen LogP contribution is -2.25. The molecule has 2 aromatic rings. The van der Waals surface area contributed by atoms with Gasteiger partial charge in [-0.1, -0.05) is 83.0 Å². The van der Waals surface area contributed by atoms with E-state index < -0.39 is 6.29 Å². The van der Waals surface area contributed by atoms with E-state index in [-0.39, 0.29) is 5.97 Å². The number of hydrogen-bond donors (Lipinski definition) is 0. The van der Waals surface area contributed by atoms with Crippen LogP contribution in [0.4, 0.5) is 0 Å². The second-order valence-electron chi connectivity index (χ2n) is 8.01. The van der Waals surface area contributed by atoms with Crippen LogP contribution in [0.15, 0.2) is 54.6 Å². The molecule has 0 N–H and O–H groups in total. The van der Waals surface area contributed by atoms with E-state index in [0.717, 1.165) is 18.4 Å². The van der Waals surface area contributed by atoms with Crippen molar-refractivity contribution in [2.45, 2.75) is 72.0 Å². The van der Waals surface area contributed by atoms with Crippen molar-refractivity contribution >= 4 is 5.97 Å². The topological polar surface area (TPSA) is 35.5 Å². The minimum Gasteiger partial charge on any atom is -0.432 e. The quantitative estimate of drug-likeness (QED) is 0.293. The van der Waals surface area contributed by atoms with Crippen LogP contribution in [0.2, 0.25) is 0 Å². The van der Waals surface area contributed by atoms with E-state index in [0.29, 0.717) is 30.4 Å².